The Balaban J connectivity index is 2.53. The summed E-state index contributed by atoms with van der Waals surface area (Å²) in [6.07, 6.45) is 1.44. The van der Waals surface area contributed by atoms with Crippen LogP contribution in [0.3, 0.4) is 0 Å². The molecule has 5 heteroatoms. The van der Waals surface area contributed by atoms with E-state index in [0.717, 1.165) is 5.56 Å². The van der Waals surface area contributed by atoms with Crippen molar-refractivity contribution < 1.29 is 5.11 Å². The van der Waals surface area contributed by atoms with Gasteiger partial charge in [-0.05, 0) is 35.9 Å². The molecular weight excluding hydrogens is 235 g/mol. The second-order valence-electron chi connectivity index (χ2n) is 2.88. The Morgan fingerprint density at radius 3 is 2.40 bits per heavy atom. The summed E-state index contributed by atoms with van der Waals surface area (Å²) in [5, 5.41) is 9.70. The molecule has 1 heterocycles. The largest absolute Gasteiger partial charge is 0.508 e. The monoisotopic (exact) mass is 240 g/mol. The molecule has 1 aromatic heterocycles. The molecule has 0 aliphatic heterocycles. The van der Waals surface area contributed by atoms with E-state index in [1.807, 2.05) is 0 Å². The summed E-state index contributed by atoms with van der Waals surface area (Å²) in [6, 6.07) is 6.53. The van der Waals surface area contributed by atoms with E-state index in [1.165, 1.54) is 6.20 Å². The van der Waals surface area contributed by atoms with Crippen LogP contribution in [0.4, 0.5) is 0 Å². The lowest BCUT2D eigenvalue weighted by Crippen LogP contribution is -1.88. The third kappa shape index (κ3) is 2.19. The first-order valence-electron chi connectivity index (χ1n) is 4.14. The molecule has 2 aromatic rings. The van der Waals surface area contributed by atoms with E-state index >= 15 is 0 Å². The number of aromatic hydroxyl groups is 1. The van der Waals surface area contributed by atoms with Crippen molar-refractivity contribution in [1.82, 2.24) is 9.97 Å². The van der Waals surface area contributed by atoms with Crippen molar-refractivity contribution in [2.45, 2.75) is 0 Å². The van der Waals surface area contributed by atoms with Crippen molar-refractivity contribution in [3.63, 3.8) is 0 Å². The maximum atomic E-state index is 9.14. The summed E-state index contributed by atoms with van der Waals surface area (Å²) < 4.78 is 0. The Bertz CT molecular complexity index is 485. The summed E-state index contributed by atoms with van der Waals surface area (Å²) in [5.41, 5.74) is 1.33. The summed E-state index contributed by atoms with van der Waals surface area (Å²) >= 11 is 11.6. The van der Waals surface area contributed by atoms with Gasteiger partial charge in [0, 0.05) is 5.56 Å². The van der Waals surface area contributed by atoms with Gasteiger partial charge < -0.3 is 5.11 Å². The fourth-order valence-corrected chi connectivity index (χ4v) is 1.50. The molecule has 1 aromatic carbocycles. The molecule has 0 unspecified atom stereocenters. The van der Waals surface area contributed by atoms with Gasteiger partial charge in [-0.25, -0.2) is 9.97 Å². The van der Waals surface area contributed by atoms with Crippen LogP contribution in [-0.4, -0.2) is 15.1 Å². The van der Waals surface area contributed by atoms with E-state index in [4.69, 9.17) is 28.3 Å². The van der Waals surface area contributed by atoms with E-state index < -0.39 is 0 Å². The van der Waals surface area contributed by atoms with Crippen LogP contribution in [0.1, 0.15) is 0 Å². The molecule has 1 N–H and O–H groups in total. The highest BCUT2D eigenvalue weighted by atomic mass is 35.5. The SMILES string of the molecule is Oc1ccc(-c2nc(Cl)ncc2Cl)cc1. The minimum Gasteiger partial charge on any atom is -0.508 e. The smallest absolute Gasteiger partial charge is 0.222 e. The van der Waals surface area contributed by atoms with Gasteiger partial charge in [-0.2, -0.15) is 0 Å². The predicted octanol–water partition coefficient (Wildman–Crippen LogP) is 3.16. The lowest BCUT2D eigenvalue weighted by molar-refractivity contribution is 0.475. The summed E-state index contributed by atoms with van der Waals surface area (Å²) in [4.78, 5) is 7.77. The number of aromatic nitrogens is 2. The second kappa shape index (κ2) is 4.04. The van der Waals surface area contributed by atoms with Crippen LogP contribution < -0.4 is 0 Å². The molecule has 0 aliphatic rings. The van der Waals surface area contributed by atoms with Crippen molar-refractivity contribution in [2.24, 2.45) is 0 Å². The molecule has 0 radical (unpaired) electrons. The number of phenols is 1. The third-order valence-electron chi connectivity index (χ3n) is 1.86. The molecule has 0 spiro atoms. The highest BCUT2D eigenvalue weighted by Crippen LogP contribution is 2.27. The van der Waals surface area contributed by atoms with Crippen molar-refractivity contribution in [3.8, 4) is 17.0 Å². The fourth-order valence-electron chi connectivity index (χ4n) is 1.17. The number of benzene rings is 1. The highest BCUT2D eigenvalue weighted by molar-refractivity contribution is 6.33. The zero-order chi connectivity index (χ0) is 10.8. The average Bonchev–Trinajstić information content (AvgIpc) is 2.23. The summed E-state index contributed by atoms with van der Waals surface area (Å²) in [6.45, 7) is 0. The maximum absolute atomic E-state index is 9.14. The molecule has 0 aliphatic carbocycles. The number of nitrogens with zero attached hydrogens (tertiary/aromatic N) is 2. The molecule has 0 bridgehead atoms. The van der Waals surface area contributed by atoms with Crippen LogP contribution in [0.25, 0.3) is 11.3 Å². The van der Waals surface area contributed by atoms with Gasteiger partial charge in [-0.1, -0.05) is 11.6 Å². The van der Waals surface area contributed by atoms with Crippen molar-refractivity contribution in [2.75, 3.05) is 0 Å². The molecule has 76 valence electrons. The number of hydrogen-bond acceptors (Lipinski definition) is 3. The van der Waals surface area contributed by atoms with Gasteiger partial charge in [-0.3, -0.25) is 0 Å². The minimum absolute atomic E-state index is 0.141. The van der Waals surface area contributed by atoms with Gasteiger partial charge in [0.05, 0.1) is 16.9 Å². The van der Waals surface area contributed by atoms with E-state index in [1.54, 1.807) is 24.3 Å². The van der Waals surface area contributed by atoms with Gasteiger partial charge in [0.2, 0.25) is 5.28 Å². The van der Waals surface area contributed by atoms with Crippen molar-refractivity contribution in [1.29, 1.82) is 0 Å². The van der Waals surface area contributed by atoms with Gasteiger partial charge in [0.25, 0.3) is 0 Å². The first-order valence-corrected chi connectivity index (χ1v) is 4.90. The molecule has 3 nitrogen and oxygen atoms in total. The first kappa shape index (κ1) is 10.2. The van der Waals surface area contributed by atoms with Crippen LogP contribution >= 0.6 is 23.2 Å². The van der Waals surface area contributed by atoms with Gasteiger partial charge in [-0.15, -0.1) is 0 Å². The first-order chi connectivity index (χ1) is 7.16. The molecule has 2 rings (SSSR count). The fraction of sp³-hybridized carbons (Fsp3) is 0. The van der Waals surface area contributed by atoms with E-state index in [2.05, 4.69) is 9.97 Å². The topological polar surface area (TPSA) is 46.0 Å². The lowest BCUT2D eigenvalue weighted by Gasteiger charge is -2.03. The number of rotatable bonds is 1. The van der Waals surface area contributed by atoms with Crippen molar-refractivity contribution in [3.05, 3.63) is 40.8 Å². The van der Waals surface area contributed by atoms with Gasteiger partial charge >= 0.3 is 0 Å². The van der Waals surface area contributed by atoms with Crippen molar-refractivity contribution >= 4 is 23.2 Å². The highest BCUT2D eigenvalue weighted by Gasteiger charge is 2.06. The Hall–Kier alpha value is -1.32. The summed E-state index contributed by atoms with van der Waals surface area (Å²) in [5.74, 6) is 0.190. The zero-order valence-corrected chi connectivity index (χ0v) is 9.00. The Kier molecular flexibility index (Phi) is 2.75. The van der Waals surface area contributed by atoms with Gasteiger partial charge in [0.15, 0.2) is 0 Å². The van der Waals surface area contributed by atoms with E-state index in [9.17, 15) is 0 Å². The molecule has 0 saturated carbocycles. The predicted molar refractivity (Wildman–Crippen MR) is 59.2 cm³/mol. The van der Waals surface area contributed by atoms with E-state index in [0.29, 0.717) is 10.7 Å². The standard InChI is InChI=1S/C10H6Cl2N2O/c11-8-5-13-10(12)14-9(8)6-1-3-7(15)4-2-6/h1-5,15H. The van der Waals surface area contributed by atoms with Crippen LogP contribution in [0.15, 0.2) is 30.5 Å². The molecule has 15 heavy (non-hydrogen) atoms. The lowest BCUT2D eigenvalue weighted by atomic mass is 10.1. The Labute approximate surface area is 96.3 Å². The Morgan fingerprint density at radius 2 is 1.73 bits per heavy atom. The quantitative estimate of drug-likeness (QED) is 0.780. The van der Waals surface area contributed by atoms with Crippen LogP contribution in [-0.2, 0) is 0 Å². The molecule has 0 fully saturated rings. The Morgan fingerprint density at radius 1 is 1.07 bits per heavy atom. The van der Waals surface area contributed by atoms with Gasteiger partial charge in [0.1, 0.15) is 5.75 Å². The number of phenolic OH excluding ortho intramolecular Hbond substituents is 1. The normalized spacial score (nSPS) is 10.3. The third-order valence-corrected chi connectivity index (χ3v) is 2.31. The van der Waals surface area contributed by atoms with Crippen LogP contribution in [0.2, 0.25) is 10.3 Å². The second-order valence-corrected chi connectivity index (χ2v) is 3.63. The summed E-state index contributed by atoms with van der Waals surface area (Å²) in [7, 11) is 0. The maximum Gasteiger partial charge on any atom is 0.222 e. The molecular formula is C10H6Cl2N2O. The average molecular weight is 241 g/mol. The number of halogens is 2. The molecule has 0 saturated heterocycles. The molecule has 0 atom stereocenters. The van der Waals surface area contributed by atoms with E-state index in [-0.39, 0.29) is 11.0 Å². The van der Waals surface area contributed by atoms with Crippen LogP contribution in [0.5, 0.6) is 5.75 Å². The molecule has 0 amide bonds. The number of hydrogen-bond donors (Lipinski definition) is 1. The zero-order valence-electron chi connectivity index (χ0n) is 7.48. The minimum atomic E-state index is 0.141. The van der Waals surface area contributed by atoms with Crippen LogP contribution in [0, 0.1) is 0 Å².